The maximum absolute atomic E-state index is 12.8. The number of carbonyl (C=O) groups is 2. The molecule has 0 unspecified atom stereocenters. The van der Waals surface area contributed by atoms with Crippen molar-refractivity contribution in [2.24, 2.45) is 0 Å². The van der Waals surface area contributed by atoms with Gasteiger partial charge in [-0.15, -0.1) is 0 Å². The summed E-state index contributed by atoms with van der Waals surface area (Å²) < 4.78 is 53.0. The molecule has 1 fully saturated rings. The van der Waals surface area contributed by atoms with Gasteiger partial charge in [-0.2, -0.15) is 13.2 Å². The van der Waals surface area contributed by atoms with Gasteiger partial charge < -0.3 is 19.3 Å². The summed E-state index contributed by atoms with van der Waals surface area (Å²) in [4.78, 5) is 28.9. The summed E-state index contributed by atoms with van der Waals surface area (Å²) in [6.07, 6.45) is 6.40. The number of alkyl halides is 3. The number of amides is 2. The normalized spacial score (nSPS) is 18.6. The van der Waals surface area contributed by atoms with Crippen molar-refractivity contribution in [2.75, 3.05) is 20.2 Å². The Bertz CT molecular complexity index is 1380. The lowest BCUT2D eigenvalue weighted by Gasteiger charge is -2.29. The number of benzene rings is 2. The molecule has 2 aromatic carbocycles. The van der Waals surface area contributed by atoms with Crippen molar-refractivity contribution in [3.05, 3.63) is 98.9 Å². The molecule has 0 aromatic heterocycles. The summed E-state index contributed by atoms with van der Waals surface area (Å²) in [7, 11) is 1.74. The molecule has 2 atom stereocenters. The Hall–Kier alpha value is -3.41. The number of nitrogens with zero attached hydrogens (tertiary/aromatic N) is 2. The number of halogens is 4. The maximum Gasteiger partial charge on any atom is 0.416 e. The van der Waals surface area contributed by atoms with Crippen LogP contribution in [0.25, 0.3) is 6.08 Å². The van der Waals surface area contributed by atoms with E-state index < -0.39 is 44.0 Å². The van der Waals surface area contributed by atoms with Crippen molar-refractivity contribution in [3.8, 4) is 0 Å². The van der Waals surface area contributed by atoms with Gasteiger partial charge in [0.15, 0.2) is 3.77 Å². The Kier molecular flexibility index (Phi) is 10.3. The van der Waals surface area contributed by atoms with Gasteiger partial charge in [0.2, 0.25) is 5.60 Å². The molecular formula is C32H34F3IN2O4. The standard InChI is InChI=1S/C32H34F3IN2O4/c1-4-41-29(39)31(2,42-28-10-5-6-19-36-28)20-24-13-11-23(12-14-24)8-7-9-27-22-38(30(40)37(27)3)21-25-15-17-26(18-16-25)32(33,34)35/h5-8,10-19,27H,4,9,20-22H2,1-3H3/b8-7+/t27-,31-/m0/s1. The molecule has 0 aliphatic carbocycles. The fraction of sp³-hybridized carbons (Fsp3) is 0.344. The molecule has 10 heteroatoms. The van der Waals surface area contributed by atoms with Crippen LogP contribution in [0, 0.1) is 0 Å². The molecule has 2 amide bonds. The number of ether oxygens (including phenoxy) is 2. The highest BCUT2D eigenvalue weighted by Crippen LogP contribution is 2.31. The zero-order valence-electron chi connectivity index (χ0n) is 23.7. The van der Waals surface area contributed by atoms with Gasteiger partial charge in [-0.25, -0.2) is 9.59 Å². The Balaban J connectivity index is 1.34. The van der Waals surface area contributed by atoms with Crippen LogP contribution in [0.15, 0.2) is 76.6 Å². The van der Waals surface area contributed by atoms with Crippen LogP contribution in [0.3, 0.4) is 0 Å². The van der Waals surface area contributed by atoms with Crippen LogP contribution in [0.5, 0.6) is 0 Å². The van der Waals surface area contributed by atoms with Gasteiger partial charge in [-0.05, 0) is 79.9 Å². The quantitative estimate of drug-likeness (QED) is 0.186. The highest BCUT2D eigenvalue weighted by molar-refractivity contribution is 14.2. The number of rotatable bonds is 11. The Labute approximate surface area is 254 Å². The smallest absolute Gasteiger partial charge is 0.416 e. The first-order valence-corrected chi connectivity index (χ1v) is 15.9. The molecule has 2 heterocycles. The Morgan fingerprint density at radius 2 is 1.76 bits per heavy atom. The predicted molar refractivity (Wildman–Crippen MR) is 166 cm³/mol. The van der Waals surface area contributed by atoms with E-state index in [4.69, 9.17) is 9.47 Å². The van der Waals surface area contributed by atoms with Gasteiger partial charge in [-0.3, -0.25) is 0 Å². The highest BCUT2D eigenvalue weighted by atomic mass is 127. The maximum atomic E-state index is 12.8. The van der Waals surface area contributed by atoms with Gasteiger partial charge in [-0.1, -0.05) is 60.7 Å². The SMILES string of the molecule is CCOC(=O)[C@](C)(Cc1ccc(/C=C/C[C@H]2CN(Cc3ccc(C(F)(F)F)cc3)C(=O)N2C)cc1)OC1=CC=CC=I1. The molecule has 0 saturated carbocycles. The third-order valence-electron chi connectivity index (χ3n) is 7.06. The molecule has 6 nitrogen and oxygen atoms in total. The minimum Gasteiger partial charge on any atom is -0.470 e. The van der Waals surface area contributed by atoms with Gasteiger partial charge in [0, 0.05) is 26.6 Å². The Morgan fingerprint density at radius 3 is 2.38 bits per heavy atom. The summed E-state index contributed by atoms with van der Waals surface area (Å²) in [6.45, 7) is 4.56. The van der Waals surface area contributed by atoms with E-state index in [1.807, 2.05) is 54.6 Å². The monoisotopic (exact) mass is 694 g/mol. The second kappa shape index (κ2) is 13.7. The lowest BCUT2D eigenvalue weighted by Crippen LogP contribution is -2.41. The fourth-order valence-electron chi connectivity index (χ4n) is 4.73. The summed E-state index contributed by atoms with van der Waals surface area (Å²) in [6, 6.07) is 12.6. The lowest BCUT2D eigenvalue weighted by molar-refractivity contribution is -0.164. The fourth-order valence-corrected chi connectivity index (χ4v) is 6.56. The molecule has 224 valence electrons. The number of carbonyl (C=O) groups excluding carboxylic acids is 2. The van der Waals surface area contributed by atoms with Crippen LogP contribution >= 0.6 is 20.7 Å². The van der Waals surface area contributed by atoms with Crippen LogP contribution in [0.1, 0.15) is 42.5 Å². The van der Waals surface area contributed by atoms with Crippen LogP contribution in [0.4, 0.5) is 18.0 Å². The second-order valence-electron chi connectivity index (χ2n) is 10.3. The van der Waals surface area contributed by atoms with E-state index >= 15 is 0 Å². The Morgan fingerprint density at radius 1 is 1.07 bits per heavy atom. The van der Waals surface area contributed by atoms with E-state index in [9.17, 15) is 22.8 Å². The van der Waals surface area contributed by atoms with Crippen LogP contribution in [0.2, 0.25) is 0 Å². The molecule has 2 aliphatic heterocycles. The molecule has 42 heavy (non-hydrogen) atoms. The van der Waals surface area contributed by atoms with E-state index in [1.54, 1.807) is 30.7 Å². The number of urea groups is 1. The summed E-state index contributed by atoms with van der Waals surface area (Å²) in [5, 5.41) is 0. The minimum atomic E-state index is -4.39. The number of esters is 1. The van der Waals surface area contributed by atoms with E-state index in [-0.39, 0.29) is 25.2 Å². The van der Waals surface area contributed by atoms with Crippen molar-refractivity contribution in [2.45, 2.75) is 51.1 Å². The summed E-state index contributed by atoms with van der Waals surface area (Å²) in [5.41, 5.74) is 0.730. The first kappa shape index (κ1) is 31.5. The van der Waals surface area contributed by atoms with Gasteiger partial charge in [0.05, 0.1) is 18.2 Å². The zero-order valence-corrected chi connectivity index (χ0v) is 25.9. The van der Waals surface area contributed by atoms with E-state index in [0.717, 1.165) is 27.0 Å². The van der Waals surface area contributed by atoms with Crippen molar-refractivity contribution in [1.82, 2.24) is 9.80 Å². The number of hydrogen-bond donors (Lipinski definition) is 0. The second-order valence-corrected chi connectivity index (χ2v) is 12.7. The largest absolute Gasteiger partial charge is 0.470 e. The number of hydrogen-bond acceptors (Lipinski definition) is 4. The van der Waals surface area contributed by atoms with E-state index in [2.05, 4.69) is 4.01 Å². The molecule has 0 radical (unpaired) electrons. The highest BCUT2D eigenvalue weighted by Gasteiger charge is 2.38. The molecule has 0 N–H and O–H groups in total. The first-order valence-electron chi connectivity index (χ1n) is 13.6. The zero-order chi connectivity index (χ0) is 30.3. The summed E-state index contributed by atoms with van der Waals surface area (Å²) in [5.74, 6) is -0.393. The third kappa shape index (κ3) is 8.11. The van der Waals surface area contributed by atoms with Crippen molar-refractivity contribution in [3.63, 3.8) is 0 Å². The average Bonchev–Trinajstić information content (AvgIpc) is 3.22. The number of allylic oxidation sites excluding steroid dienone is 3. The molecule has 0 bridgehead atoms. The molecule has 1 saturated heterocycles. The van der Waals surface area contributed by atoms with Crippen molar-refractivity contribution < 1.29 is 32.2 Å². The summed E-state index contributed by atoms with van der Waals surface area (Å²) >= 11 is -0.428. The van der Waals surface area contributed by atoms with E-state index in [0.29, 0.717) is 24.9 Å². The molecule has 2 aliphatic rings. The molecular weight excluding hydrogens is 660 g/mol. The van der Waals surface area contributed by atoms with Crippen LogP contribution < -0.4 is 0 Å². The lowest BCUT2D eigenvalue weighted by atomic mass is 9.95. The number of likely N-dealkylation sites (N-methyl/N-ethyl adjacent to an activating group) is 1. The molecule has 0 spiro atoms. The van der Waals surface area contributed by atoms with Gasteiger partial charge in [0.25, 0.3) is 0 Å². The molecule has 2 aromatic rings. The topological polar surface area (TPSA) is 59.1 Å². The first-order chi connectivity index (χ1) is 20.0. The minimum absolute atomic E-state index is 0.0473. The van der Waals surface area contributed by atoms with Gasteiger partial charge in [0.1, 0.15) is 0 Å². The predicted octanol–water partition coefficient (Wildman–Crippen LogP) is 7.11. The van der Waals surface area contributed by atoms with E-state index in [1.165, 1.54) is 12.1 Å². The van der Waals surface area contributed by atoms with Crippen LogP contribution in [-0.2, 0) is 33.4 Å². The van der Waals surface area contributed by atoms with Gasteiger partial charge >= 0.3 is 18.2 Å². The van der Waals surface area contributed by atoms with Crippen molar-refractivity contribution >= 4 is 42.8 Å². The van der Waals surface area contributed by atoms with Crippen LogP contribution in [-0.4, -0.2) is 57.7 Å². The third-order valence-corrected chi connectivity index (χ3v) is 9.03. The average molecular weight is 695 g/mol. The molecule has 4 rings (SSSR count). The van der Waals surface area contributed by atoms with Crippen molar-refractivity contribution in [1.29, 1.82) is 0 Å².